The molecule has 0 unspecified atom stereocenters. The Bertz CT molecular complexity index is 651. The molecule has 1 saturated heterocycles. The molecule has 1 aromatic carbocycles. The van der Waals surface area contributed by atoms with Crippen LogP contribution in [0.5, 0.6) is 0 Å². The number of sulfonamides is 1. The minimum Gasteiger partial charge on any atom is -0.481 e. The summed E-state index contributed by atoms with van der Waals surface area (Å²) in [7, 11) is -4.01. The predicted molar refractivity (Wildman–Crippen MR) is 65.9 cm³/mol. The molecular formula is C12H12F3NO4S. The van der Waals surface area contributed by atoms with E-state index in [1.54, 1.807) is 0 Å². The lowest BCUT2D eigenvalue weighted by molar-refractivity contribution is -0.139. The van der Waals surface area contributed by atoms with Gasteiger partial charge < -0.3 is 5.11 Å². The average Bonchev–Trinajstić information content (AvgIpc) is 2.32. The molecule has 5 nitrogen and oxygen atoms in total. The summed E-state index contributed by atoms with van der Waals surface area (Å²) in [5, 5.41) is 8.59. The minimum atomic E-state index is -4.62. The van der Waals surface area contributed by atoms with E-state index in [2.05, 4.69) is 0 Å². The van der Waals surface area contributed by atoms with Crippen molar-refractivity contribution in [2.45, 2.75) is 17.5 Å². The van der Waals surface area contributed by atoms with Gasteiger partial charge in [0, 0.05) is 13.1 Å². The van der Waals surface area contributed by atoms with Gasteiger partial charge in [-0.1, -0.05) is 6.07 Å². The van der Waals surface area contributed by atoms with E-state index < -0.39 is 32.6 Å². The number of hydrogen-bond donors (Lipinski definition) is 1. The van der Waals surface area contributed by atoms with Crippen LogP contribution in [0.15, 0.2) is 29.2 Å². The SMILES string of the molecule is O=C(O)CC1CN(S(=O)(=O)c2cccc(C(F)(F)F)c2)C1. The average molecular weight is 323 g/mol. The number of hydrogen-bond acceptors (Lipinski definition) is 3. The van der Waals surface area contributed by atoms with Crippen LogP contribution in [0, 0.1) is 5.92 Å². The second-order valence-electron chi connectivity index (χ2n) is 4.81. The molecule has 0 bridgehead atoms. The summed E-state index contributed by atoms with van der Waals surface area (Å²) >= 11 is 0. The Hall–Kier alpha value is -1.61. The van der Waals surface area contributed by atoms with E-state index in [0.717, 1.165) is 22.5 Å². The zero-order valence-electron chi connectivity index (χ0n) is 10.7. The van der Waals surface area contributed by atoms with Gasteiger partial charge in [-0.3, -0.25) is 4.79 Å². The molecule has 1 heterocycles. The molecule has 0 saturated carbocycles. The van der Waals surface area contributed by atoms with E-state index in [1.807, 2.05) is 0 Å². The number of rotatable bonds is 4. The molecule has 116 valence electrons. The van der Waals surface area contributed by atoms with E-state index in [9.17, 15) is 26.4 Å². The van der Waals surface area contributed by atoms with Gasteiger partial charge in [0.05, 0.1) is 16.9 Å². The zero-order valence-corrected chi connectivity index (χ0v) is 11.5. The standard InChI is InChI=1S/C12H12F3NO4S/c13-12(14,15)9-2-1-3-10(5-9)21(19,20)16-6-8(7-16)4-11(17)18/h1-3,5,8H,4,6-7H2,(H,17,18). The Balaban J connectivity index is 2.17. The van der Waals surface area contributed by atoms with Gasteiger partial charge in [-0.25, -0.2) is 8.42 Å². The van der Waals surface area contributed by atoms with Crippen LogP contribution in [0.1, 0.15) is 12.0 Å². The number of nitrogens with zero attached hydrogens (tertiary/aromatic N) is 1. The largest absolute Gasteiger partial charge is 0.481 e. The summed E-state index contributed by atoms with van der Waals surface area (Å²) in [6.07, 6.45) is -4.78. The molecule has 0 spiro atoms. The first-order valence-corrected chi connectivity index (χ1v) is 7.44. The quantitative estimate of drug-likeness (QED) is 0.917. The molecule has 1 aliphatic heterocycles. The van der Waals surface area contributed by atoms with Crippen LogP contribution in [-0.4, -0.2) is 36.9 Å². The van der Waals surface area contributed by atoms with Gasteiger partial charge in [-0.15, -0.1) is 0 Å². The number of carboxylic acid groups (broad SMARTS) is 1. The normalized spacial score (nSPS) is 17.5. The number of benzene rings is 1. The summed E-state index contributed by atoms with van der Waals surface area (Å²) in [5.74, 6) is -1.33. The topological polar surface area (TPSA) is 74.7 Å². The molecule has 0 aromatic heterocycles. The Labute approximate surface area is 119 Å². The Morgan fingerprint density at radius 3 is 2.48 bits per heavy atom. The van der Waals surface area contributed by atoms with Crippen molar-refractivity contribution >= 4 is 16.0 Å². The number of carboxylic acids is 1. The van der Waals surface area contributed by atoms with E-state index in [4.69, 9.17) is 5.11 Å². The van der Waals surface area contributed by atoms with Crippen LogP contribution in [0.2, 0.25) is 0 Å². The first kappa shape index (κ1) is 15.8. The maximum Gasteiger partial charge on any atom is 0.416 e. The Morgan fingerprint density at radius 2 is 1.95 bits per heavy atom. The third-order valence-electron chi connectivity index (χ3n) is 3.19. The summed E-state index contributed by atoms with van der Waals surface area (Å²) in [4.78, 5) is 10.1. The number of carbonyl (C=O) groups is 1. The van der Waals surface area contributed by atoms with Crippen molar-refractivity contribution in [3.8, 4) is 0 Å². The van der Waals surface area contributed by atoms with Crippen LogP contribution >= 0.6 is 0 Å². The molecule has 1 aliphatic rings. The molecule has 0 atom stereocenters. The van der Waals surface area contributed by atoms with Crippen LogP contribution < -0.4 is 0 Å². The highest BCUT2D eigenvalue weighted by Gasteiger charge is 2.39. The molecule has 1 fully saturated rings. The van der Waals surface area contributed by atoms with Gasteiger partial charge in [0.2, 0.25) is 10.0 Å². The molecule has 0 aliphatic carbocycles. The molecule has 0 radical (unpaired) electrons. The van der Waals surface area contributed by atoms with Crippen LogP contribution in [0.3, 0.4) is 0 Å². The smallest absolute Gasteiger partial charge is 0.416 e. The molecule has 1 aromatic rings. The fourth-order valence-corrected chi connectivity index (χ4v) is 3.72. The van der Waals surface area contributed by atoms with Crippen molar-refractivity contribution in [2.75, 3.05) is 13.1 Å². The first-order valence-electron chi connectivity index (χ1n) is 6.00. The second kappa shape index (κ2) is 5.30. The van der Waals surface area contributed by atoms with Gasteiger partial charge in [0.15, 0.2) is 0 Å². The maximum atomic E-state index is 12.6. The van der Waals surface area contributed by atoms with E-state index in [0.29, 0.717) is 6.07 Å². The Morgan fingerprint density at radius 1 is 1.33 bits per heavy atom. The first-order chi connectivity index (χ1) is 9.60. The van der Waals surface area contributed by atoms with Crippen molar-refractivity contribution < 1.29 is 31.5 Å². The lowest BCUT2D eigenvalue weighted by Crippen LogP contribution is -2.50. The third-order valence-corrected chi connectivity index (χ3v) is 5.01. The lowest BCUT2D eigenvalue weighted by Gasteiger charge is -2.37. The molecule has 2 rings (SSSR count). The highest BCUT2D eigenvalue weighted by Crippen LogP contribution is 2.32. The fourth-order valence-electron chi connectivity index (χ4n) is 2.08. The highest BCUT2D eigenvalue weighted by atomic mass is 32.2. The highest BCUT2D eigenvalue weighted by molar-refractivity contribution is 7.89. The van der Waals surface area contributed by atoms with Gasteiger partial charge in [-0.05, 0) is 24.1 Å². The van der Waals surface area contributed by atoms with E-state index in [-0.39, 0.29) is 25.4 Å². The summed E-state index contributed by atoms with van der Waals surface area (Å²) in [6.45, 7) is 0.00968. The van der Waals surface area contributed by atoms with Crippen molar-refractivity contribution in [2.24, 2.45) is 5.92 Å². The van der Waals surface area contributed by atoms with Crippen molar-refractivity contribution in [1.29, 1.82) is 0 Å². The Kier molecular flexibility index (Phi) is 3.98. The minimum absolute atomic E-state index is 0.00484. The fraction of sp³-hybridized carbons (Fsp3) is 0.417. The molecule has 21 heavy (non-hydrogen) atoms. The number of halogens is 3. The van der Waals surface area contributed by atoms with Crippen LogP contribution in [-0.2, 0) is 21.0 Å². The maximum absolute atomic E-state index is 12.6. The van der Waals surface area contributed by atoms with E-state index in [1.165, 1.54) is 0 Å². The number of aliphatic carboxylic acids is 1. The van der Waals surface area contributed by atoms with E-state index >= 15 is 0 Å². The van der Waals surface area contributed by atoms with Gasteiger partial charge in [0.25, 0.3) is 0 Å². The molecule has 1 N–H and O–H groups in total. The van der Waals surface area contributed by atoms with Crippen molar-refractivity contribution in [3.05, 3.63) is 29.8 Å². The number of alkyl halides is 3. The van der Waals surface area contributed by atoms with Crippen molar-refractivity contribution in [1.82, 2.24) is 4.31 Å². The van der Waals surface area contributed by atoms with Gasteiger partial charge in [-0.2, -0.15) is 17.5 Å². The summed E-state index contributed by atoms with van der Waals surface area (Å²) in [5.41, 5.74) is -1.04. The predicted octanol–water partition coefficient (Wildman–Crippen LogP) is 1.80. The molecule has 9 heteroatoms. The van der Waals surface area contributed by atoms with Crippen LogP contribution in [0.25, 0.3) is 0 Å². The summed E-state index contributed by atoms with van der Waals surface area (Å²) < 4.78 is 63.0. The van der Waals surface area contributed by atoms with Gasteiger partial charge >= 0.3 is 12.1 Å². The lowest BCUT2D eigenvalue weighted by atomic mass is 10.00. The zero-order chi connectivity index (χ0) is 15.8. The molecule has 0 amide bonds. The third kappa shape index (κ3) is 3.35. The monoisotopic (exact) mass is 323 g/mol. The van der Waals surface area contributed by atoms with Gasteiger partial charge in [0.1, 0.15) is 0 Å². The van der Waals surface area contributed by atoms with Crippen LogP contribution in [0.4, 0.5) is 13.2 Å². The second-order valence-corrected chi connectivity index (χ2v) is 6.75. The summed E-state index contributed by atoms with van der Waals surface area (Å²) in [6, 6.07) is 3.50. The van der Waals surface area contributed by atoms with Crippen molar-refractivity contribution in [3.63, 3.8) is 0 Å². The molecular weight excluding hydrogens is 311 g/mol.